The molecule has 0 fully saturated rings. The zero-order valence-electron chi connectivity index (χ0n) is 11.6. The summed E-state index contributed by atoms with van der Waals surface area (Å²) in [7, 11) is 0. The molecule has 4 heteroatoms. The van der Waals surface area contributed by atoms with Crippen LogP contribution >= 0.6 is 0 Å². The third kappa shape index (κ3) is 3.59. The van der Waals surface area contributed by atoms with Gasteiger partial charge >= 0.3 is 6.03 Å². The molecule has 0 spiro atoms. The van der Waals surface area contributed by atoms with Gasteiger partial charge in [-0.15, -0.1) is 0 Å². The minimum atomic E-state index is -0.559. The smallest absolute Gasteiger partial charge is 0.323 e. The summed E-state index contributed by atoms with van der Waals surface area (Å²) >= 11 is 0. The van der Waals surface area contributed by atoms with Gasteiger partial charge < -0.3 is 15.7 Å². The van der Waals surface area contributed by atoms with Crippen molar-refractivity contribution in [2.24, 2.45) is 0 Å². The van der Waals surface area contributed by atoms with E-state index in [9.17, 15) is 9.90 Å². The number of amides is 2. The average Bonchev–Trinajstić information content (AvgIpc) is 2.41. The first-order valence-electron chi connectivity index (χ1n) is 6.48. The van der Waals surface area contributed by atoms with Gasteiger partial charge in [0.15, 0.2) is 0 Å². The maximum Gasteiger partial charge on any atom is 0.323 e. The molecule has 0 aromatic heterocycles. The van der Waals surface area contributed by atoms with Gasteiger partial charge in [-0.05, 0) is 43.2 Å². The van der Waals surface area contributed by atoms with E-state index in [0.29, 0.717) is 5.69 Å². The van der Waals surface area contributed by atoms with E-state index in [1.165, 1.54) is 0 Å². The molecule has 2 amide bonds. The Bertz CT molecular complexity index is 609. The number of carbonyl (C=O) groups is 1. The highest BCUT2D eigenvalue weighted by molar-refractivity contribution is 6.00. The third-order valence-corrected chi connectivity index (χ3v) is 3.02. The van der Waals surface area contributed by atoms with Gasteiger partial charge in [0.05, 0.1) is 6.10 Å². The average molecular weight is 270 g/mol. The first kappa shape index (κ1) is 14.1. The van der Waals surface area contributed by atoms with Gasteiger partial charge in [0.2, 0.25) is 0 Å². The topological polar surface area (TPSA) is 61.4 Å². The van der Waals surface area contributed by atoms with E-state index in [1.54, 1.807) is 25.1 Å². The fourth-order valence-electron chi connectivity index (χ4n) is 1.87. The van der Waals surface area contributed by atoms with Crippen LogP contribution in [0.5, 0.6) is 0 Å². The fraction of sp³-hybridized carbons (Fsp3) is 0.188. The molecule has 2 rings (SSSR count). The Morgan fingerprint density at radius 1 is 1.10 bits per heavy atom. The van der Waals surface area contributed by atoms with E-state index in [1.807, 2.05) is 37.3 Å². The van der Waals surface area contributed by atoms with Gasteiger partial charge in [-0.1, -0.05) is 30.3 Å². The van der Waals surface area contributed by atoms with Crippen LogP contribution in [0.25, 0.3) is 0 Å². The lowest BCUT2D eigenvalue weighted by atomic mass is 10.1. The Morgan fingerprint density at radius 3 is 2.55 bits per heavy atom. The van der Waals surface area contributed by atoms with Crippen molar-refractivity contribution in [3.63, 3.8) is 0 Å². The van der Waals surface area contributed by atoms with Crippen molar-refractivity contribution < 1.29 is 9.90 Å². The number of carbonyl (C=O) groups excluding carboxylic acids is 1. The normalized spacial score (nSPS) is 11.8. The summed E-state index contributed by atoms with van der Waals surface area (Å²) in [5.74, 6) is 0. The molecule has 4 nitrogen and oxygen atoms in total. The highest BCUT2D eigenvalue weighted by Gasteiger charge is 2.06. The van der Waals surface area contributed by atoms with E-state index in [0.717, 1.165) is 16.8 Å². The zero-order valence-corrected chi connectivity index (χ0v) is 11.6. The molecule has 0 saturated heterocycles. The predicted octanol–water partition coefficient (Wildman–Crippen LogP) is 3.69. The zero-order chi connectivity index (χ0) is 14.5. The molecule has 0 aliphatic carbocycles. The van der Waals surface area contributed by atoms with Gasteiger partial charge in [-0.25, -0.2) is 4.79 Å². The molecule has 0 bridgehead atoms. The lowest BCUT2D eigenvalue weighted by molar-refractivity contribution is 0.199. The van der Waals surface area contributed by atoms with Crippen molar-refractivity contribution in [1.29, 1.82) is 0 Å². The summed E-state index contributed by atoms with van der Waals surface area (Å²) in [5.41, 5.74) is 3.19. The molecule has 0 aliphatic rings. The monoisotopic (exact) mass is 270 g/mol. The van der Waals surface area contributed by atoms with Crippen molar-refractivity contribution in [1.82, 2.24) is 0 Å². The maximum absolute atomic E-state index is 11.9. The predicted molar refractivity (Wildman–Crippen MR) is 80.9 cm³/mol. The summed E-state index contributed by atoms with van der Waals surface area (Å²) in [6.07, 6.45) is -0.559. The second-order valence-electron chi connectivity index (χ2n) is 4.70. The lowest BCUT2D eigenvalue weighted by Crippen LogP contribution is -2.20. The number of anilines is 2. The maximum atomic E-state index is 11.9. The van der Waals surface area contributed by atoms with Crippen molar-refractivity contribution >= 4 is 17.4 Å². The highest BCUT2D eigenvalue weighted by Crippen LogP contribution is 2.18. The van der Waals surface area contributed by atoms with Crippen LogP contribution in [0.3, 0.4) is 0 Å². The Hall–Kier alpha value is -2.33. The molecular formula is C16H18N2O2. The molecule has 0 saturated carbocycles. The van der Waals surface area contributed by atoms with Gasteiger partial charge in [0, 0.05) is 11.4 Å². The van der Waals surface area contributed by atoms with Crippen LogP contribution < -0.4 is 10.6 Å². The van der Waals surface area contributed by atoms with Crippen molar-refractivity contribution in [2.75, 3.05) is 10.6 Å². The molecule has 3 N–H and O–H groups in total. The lowest BCUT2D eigenvalue weighted by Gasteiger charge is -2.11. The number of urea groups is 1. The van der Waals surface area contributed by atoms with Crippen molar-refractivity contribution in [3.8, 4) is 0 Å². The molecule has 0 aliphatic heterocycles. The fourth-order valence-corrected chi connectivity index (χ4v) is 1.87. The third-order valence-electron chi connectivity index (χ3n) is 3.02. The number of hydrogen-bond donors (Lipinski definition) is 3. The molecule has 104 valence electrons. The summed E-state index contributed by atoms with van der Waals surface area (Å²) in [6.45, 7) is 3.62. The van der Waals surface area contributed by atoms with Crippen LogP contribution in [0.15, 0.2) is 48.5 Å². The van der Waals surface area contributed by atoms with E-state index >= 15 is 0 Å². The Kier molecular flexibility index (Phi) is 4.38. The molecule has 20 heavy (non-hydrogen) atoms. The van der Waals surface area contributed by atoms with Crippen LogP contribution in [0.1, 0.15) is 24.2 Å². The number of aliphatic hydroxyl groups is 1. The number of benzene rings is 2. The first-order valence-corrected chi connectivity index (χ1v) is 6.48. The van der Waals surface area contributed by atoms with Crippen LogP contribution in [0.2, 0.25) is 0 Å². The number of aryl methyl sites for hydroxylation is 1. The van der Waals surface area contributed by atoms with Crippen LogP contribution in [0.4, 0.5) is 16.2 Å². The van der Waals surface area contributed by atoms with Crippen molar-refractivity contribution in [3.05, 3.63) is 59.7 Å². The molecule has 2 aromatic rings. The van der Waals surface area contributed by atoms with E-state index in [4.69, 9.17) is 0 Å². The van der Waals surface area contributed by atoms with E-state index in [-0.39, 0.29) is 6.03 Å². The van der Waals surface area contributed by atoms with Crippen LogP contribution in [-0.2, 0) is 0 Å². The molecule has 2 aromatic carbocycles. The Labute approximate surface area is 118 Å². The second-order valence-corrected chi connectivity index (χ2v) is 4.70. The number of aliphatic hydroxyl groups excluding tert-OH is 1. The Balaban J connectivity index is 2.05. The largest absolute Gasteiger partial charge is 0.389 e. The summed E-state index contributed by atoms with van der Waals surface area (Å²) in [6, 6.07) is 14.4. The van der Waals surface area contributed by atoms with Crippen LogP contribution in [0, 0.1) is 6.92 Å². The van der Waals surface area contributed by atoms with Crippen molar-refractivity contribution in [2.45, 2.75) is 20.0 Å². The quantitative estimate of drug-likeness (QED) is 0.796. The van der Waals surface area contributed by atoms with Gasteiger partial charge in [-0.3, -0.25) is 0 Å². The minimum absolute atomic E-state index is 0.304. The molecule has 1 atom stereocenters. The molecule has 0 heterocycles. The standard InChI is InChI=1S/C16H18N2O2/c1-11-6-3-4-9-15(11)18-16(20)17-14-8-5-7-13(10-14)12(2)19/h3-10,12,19H,1-2H3,(H2,17,18,20). The number of rotatable bonds is 3. The summed E-state index contributed by atoms with van der Waals surface area (Å²) in [4.78, 5) is 11.9. The number of nitrogens with one attached hydrogen (secondary N) is 2. The van der Waals surface area contributed by atoms with Gasteiger partial charge in [0.1, 0.15) is 0 Å². The molecule has 1 unspecified atom stereocenters. The van der Waals surface area contributed by atoms with E-state index in [2.05, 4.69) is 10.6 Å². The van der Waals surface area contributed by atoms with Gasteiger partial charge in [0.25, 0.3) is 0 Å². The minimum Gasteiger partial charge on any atom is -0.389 e. The SMILES string of the molecule is Cc1ccccc1NC(=O)Nc1cccc(C(C)O)c1. The highest BCUT2D eigenvalue weighted by atomic mass is 16.3. The van der Waals surface area contributed by atoms with Crippen LogP contribution in [-0.4, -0.2) is 11.1 Å². The second kappa shape index (κ2) is 6.21. The molecular weight excluding hydrogens is 252 g/mol. The number of para-hydroxylation sites is 1. The van der Waals surface area contributed by atoms with E-state index < -0.39 is 6.10 Å². The van der Waals surface area contributed by atoms with Gasteiger partial charge in [-0.2, -0.15) is 0 Å². The Morgan fingerprint density at radius 2 is 1.85 bits per heavy atom. The summed E-state index contributed by atoms with van der Waals surface area (Å²) in [5, 5.41) is 15.1. The number of hydrogen-bond acceptors (Lipinski definition) is 2. The molecule has 0 radical (unpaired) electrons. The summed E-state index contributed by atoms with van der Waals surface area (Å²) < 4.78 is 0. The first-order chi connectivity index (χ1) is 9.56.